The van der Waals surface area contributed by atoms with Crippen LogP contribution in [0.4, 0.5) is 9.93 Å². The van der Waals surface area contributed by atoms with Crippen molar-refractivity contribution in [2.75, 3.05) is 31.1 Å². The van der Waals surface area contributed by atoms with Crippen LogP contribution in [-0.4, -0.2) is 43.2 Å². The van der Waals surface area contributed by atoms with E-state index in [0.717, 1.165) is 31.4 Å². The number of hydrogen-bond acceptors (Lipinski definition) is 5. The summed E-state index contributed by atoms with van der Waals surface area (Å²) in [7, 11) is 0. The van der Waals surface area contributed by atoms with E-state index in [9.17, 15) is 9.59 Å². The van der Waals surface area contributed by atoms with E-state index in [1.54, 1.807) is 4.90 Å². The highest BCUT2D eigenvalue weighted by Crippen LogP contribution is 2.33. The number of aromatic nitrogens is 1. The van der Waals surface area contributed by atoms with Crippen molar-refractivity contribution in [3.63, 3.8) is 0 Å². The number of rotatable bonds is 6. The topological polar surface area (TPSA) is 83.6 Å². The van der Waals surface area contributed by atoms with Crippen molar-refractivity contribution in [3.05, 3.63) is 47.0 Å². The molecule has 154 valence electrons. The Bertz CT molecular complexity index is 841. The van der Waals surface area contributed by atoms with Crippen LogP contribution >= 0.6 is 11.3 Å². The fourth-order valence-electron chi connectivity index (χ4n) is 3.85. The summed E-state index contributed by atoms with van der Waals surface area (Å²) in [4.78, 5) is 30.5. The molecular weight excluding hydrogens is 388 g/mol. The van der Waals surface area contributed by atoms with Crippen molar-refractivity contribution in [3.8, 4) is 0 Å². The van der Waals surface area contributed by atoms with Gasteiger partial charge >= 0.3 is 6.03 Å². The fourth-order valence-corrected chi connectivity index (χ4v) is 4.70. The molecule has 7 nitrogen and oxygen atoms in total. The lowest BCUT2D eigenvalue weighted by Gasteiger charge is -2.32. The summed E-state index contributed by atoms with van der Waals surface area (Å²) in [6.45, 7) is 2.71. The van der Waals surface area contributed by atoms with Gasteiger partial charge in [0.05, 0.1) is 18.2 Å². The summed E-state index contributed by atoms with van der Waals surface area (Å²) in [6.07, 6.45) is 3.18. The molecule has 0 saturated carbocycles. The number of nitrogens with zero attached hydrogens (tertiary/aromatic N) is 2. The predicted molar refractivity (Wildman–Crippen MR) is 112 cm³/mol. The van der Waals surface area contributed by atoms with Crippen molar-refractivity contribution in [2.45, 2.75) is 31.8 Å². The Labute approximate surface area is 174 Å². The molecule has 2 atom stereocenters. The molecule has 1 aromatic carbocycles. The van der Waals surface area contributed by atoms with Crippen LogP contribution in [0, 0.1) is 5.92 Å². The van der Waals surface area contributed by atoms with Gasteiger partial charge in [-0.3, -0.25) is 9.69 Å². The number of carbonyl (C=O) groups excluding carboxylic acids is 2. The maximum absolute atomic E-state index is 12.5. The average Bonchev–Trinajstić information content (AvgIpc) is 3.21. The van der Waals surface area contributed by atoms with E-state index in [1.165, 1.54) is 11.3 Å². The largest absolute Gasteiger partial charge is 0.373 e. The van der Waals surface area contributed by atoms with Gasteiger partial charge in [0.2, 0.25) is 5.91 Å². The number of nitrogens with one attached hydrogen (secondary N) is 2. The van der Waals surface area contributed by atoms with E-state index in [1.807, 2.05) is 23.6 Å². The number of urea groups is 1. The van der Waals surface area contributed by atoms with Crippen LogP contribution < -0.4 is 15.5 Å². The second-order valence-electron chi connectivity index (χ2n) is 7.44. The number of amides is 3. The molecule has 3 amide bonds. The van der Waals surface area contributed by atoms with Crippen LogP contribution in [0.5, 0.6) is 0 Å². The lowest BCUT2D eigenvalue weighted by Crippen LogP contribution is -2.46. The van der Waals surface area contributed by atoms with E-state index >= 15 is 0 Å². The SMILES string of the molecule is O=C(Cc1csc(N2CCCNC2=O)n1)NCC1CCCOC1c1ccccc1. The van der Waals surface area contributed by atoms with Gasteiger partial charge in [0.25, 0.3) is 0 Å². The van der Waals surface area contributed by atoms with E-state index < -0.39 is 0 Å². The number of benzene rings is 1. The van der Waals surface area contributed by atoms with Crippen LogP contribution in [0.3, 0.4) is 0 Å². The Balaban J connectivity index is 1.31. The Morgan fingerprint density at radius 3 is 3.00 bits per heavy atom. The Hall–Kier alpha value is -2.45. The number of thiazole rings is 1. The molecule has 8 heteroatoms. The molecule has 3 heterocycles. The molecule has 0 spiro atoms. The molecular formula is C21H26N4O3S. The number of anilines is 1. The molecule has 2 fully saturated rings. The Kier molecular flexibility index (Phi) is 6.41. The predicted octanol–water partition coefficient (Wildman–Crippen LogP) is 2.89. The zero-order valence-electron chi connectivity index (χ0n) is 16.3. The molecule has 1 aromatic heterocycles. The lowest BCUT2D eigenvalue weighted by atomic mass is 9.89. The molecule has 2 N–H and O–H groups in total. The molecule has 0 bridgehead atoms. The zero-order valence-corrected chi connectivity index (χ0v) is 17.1. The van der Waals surface area contributed by atoms with Gasteiger partial charge in [-0.05, 0) is 24.8 Å². The average molecular weight is 415 g/mol. The minimum Gasteiger partial charge on any atom is -0.373 e. The monoisotopic (exact) mass is 414 g/mol. The summed E-state index contributed by atoms with van der Waals surface area (Å²) in [5.74, 6) is 0.209. The molecule has 0 radical (unpaired) electrons. The van der Waals surface area contributed by atoms with Gasteiger partial charge < -0.3 is 15.4 Å². The van der Waals surface area contributed by atoms with Gasteiger partial charge in [-0.2, -0.15) is 0 Å². The van der Waals surface area contributed by atoms with Crippen molar-refractivity contribution >= 4 is 28.4 Å². The van der Waals surface area contributed by atoms with E-state index in [-0.39, 0.29) is 30.4 Å². The van der Waals surface area contributed by atoms with Gasteiger partial charge in [0.1, 0.15) is 0 Å². The van der Waals surface area contributed by atoms with Gasteiger partial charge in [-0.25, -0.2) is 9.78 Å². The highest BCUT2D eigenvalue weighted by Gasteiger charge is 2.28. The van der Waals surface area contributed by atoms with Crippen molar-refractivity contribution in [2.24, 2.45) is 5.92 Å². The first-order chi connectivity index (χ1) is 14.2. The normalized spacial score (nSPS) is 22.2. The molecule has 4 rings (SSSR count). The molecule has 2 saturated heterocycles. The van der Waals surface area contributed by atoms with E-state index in [0.29, 0.717) is 30.5 Å². The minimum atomic E-state index is -0.120. The maximum atomic E-state index is 12.5. The number of hydrogen-bond donors (Lipinski definition) is 2. The fraction of sp³-hybridized carbons (Fsp3) is 0.476. The molecule has 2 aliphatic heterocycles. The minimum absolute atomic E-state index is 0.0220. The zero-order chi connectivity index (χ0) is 20.1. The van der Waals surface area contributed by atoms with Crippen LogP contribution in [0.2, 0.25) is 0 Å². The highest BCUT2D eigenvalue weighted by molar-refractivity contribution is 7.14. The first kappa shape index (κ1) is 19.8. The van der Waals surface area contributed by atoms with Crippen molar-refractivity contribution in [1.29, 1.82) is 0 Å². The summed E-state index contributed by atoms with van der Waals surface area (Å²) in [5.41, 5.74) is 1.86. The van der Waals surface area contributed by atoms with E-state index in [4.69, 9.17) is 4.74 Å². The Morgan fingerprint density at radius 1 is 1.31 bits per heavy atom. The van der Waals surface area contributed by atoms with Gasteiger partial charge in [-0.1, -0.05) is 30.3 Å². The van der Waals surface area contributed by atoms with Crippen LogP contribution in [-0.2, 0) is 16.0 Å². The second-order valence-corrected chi connectivity index (χ2v) is 8.28. The highest BCUT2D eigenvalue weighted by atomic mass is 32.1. The molecule has 2 unspecified atom stereocenters. The third kappa shape index (κ3) is 4.94. The number of ether oxygens (including phenoxy) is 1. The summed E-state index contributed by atoms with van der Waals surface area (Å²) < 4.78 is 6.00. The third-order valence-electron chi connectivity index (χ3n) is 5.33. The maximum Gasteiger partial charge on any atom is 0.323 e. The first-order valence-electron chi connectivity index (χ1n) is 10.1. The molecule has 2 aliphatic rings. The van der Waals surface area contributed by atoms with Gasteiger partial charge in [-0.15, -0.1) is 11.3 Å². The first-order valence-corrected chi connectivity index (χ1v) is 11.0. The van der Waals surface area contributed by atoms with Gasteiger partial charge in [0, 0.05) is 37.5 Å². The Morgan fingerprint density at radius 2 is 2.17 bits per heavy atom. The quantitative estimate of drug-likeness (QED) is 0.761. The summed E-state index contributed by atoms with van der Waals surface area (Å²) in [5, 5.41) is 8.37. The summed E-state index contributed by atoms with van der Waals surface area (Å²) >= 11 is 1.40. The molecule has 2 aromatic rings. The van der Waals surface area contributed by atoms with Gasteiger partial charge in [0.15, 0.2) is 5.13 Å². The van der Waals surface area contributed by atoms with Crippen LogP contribution in [0.15, 0.2) is 35.7 Å². The lowest BCUT2D eigenvalue weighted by molar-refractivity contribution is -0.121. The summed E-state index contributed by atoms with van der Waals surface area (Å²) in [6, 6.07) is 10.1. The van der Waals surface area contributed by atoms with Crippen molar-refractivity contribution < 1.29 is 14.3 Å². The van der Waals surface area contributed by atoms with E-state index in [2.05, 4.69) is 27.8 Å². The van der Waals surface area contributed by atoms with Crippen LogP contribution in [0.25, 0.3) is 0 Å². The smallest absolute Gasteiger partial charge is 0.323 e. The molecule has 0 aliphatic carbocycles. The standard InChI is InChI=1S/C21H26N4O3S/c26-18(12-17-14-29-21(24-17)25-10-5-9-22-20(25)27)23-13-16-8-4-11-28-19(16)15-6-2-1-3-7-15/h1-3,6-7,14,16,19H,4-5,8-13H2,(H,22,27)(H,23,26). The third-order valence-corrected chi connectivity index (χ3v) is 6.24. The molecule has 29 heavy (non-hydrogen) atoms. The van der Waals surface area contributed by atoms with Crippen LogP contribution in [0.1, 0.15) is 36.6 Å². The second kappa shape index (κ2) is 9.37. The number of carbonyl (C=O) groups is 2. The van der Waals surface area contributed by atoms with Crippen molar-refractivity contribution in [1.82, 2.24) is 15.6 Å².